The number of carbonyl (C=O) groups is 1. The first kappa shape index (κ1) is 16.6. The van der Waals surface area contributed by atoms with Crippen LogP contribution in [-0.2, 0) is 0 Å². The molecule has 1 N–H and O–H groups in total. The number of hydrogen-bond donors (Lipinski definition) is 1. The largest absolute Gasteiger partial charge is 0.370 e. The zero-order valence-electron chi connectivity index (χ0n) is 12.7. The molecule has 0 aromatic heterocycles. The highest BCUT2D eigenvalue weighted by Crippen LogP contribution is 2.30. The van der Waals surface area contributed by atoms with E-state index >= 15 is 0 Å². The maximum absolute atomic E-state index is 13.0. The van der Waals surface area contributed by atoms with Crippen LogP contribution in [0.5, 0.6) is 0 Å². The van der Waals surface area contributed by atoms with Crippen LogP contribution in [0.3, 0.4) is 0 Å². The predicted molar refractivity (Wildman–Crippen MR) is 100 cm³/mol. The zero-order chi connectivity index (χ0) is 16.9. The monoisotopic (exact) mass is 355 g/mol. The van der Waals surface area contributed by atoms with Crippen LogP contribution in [-0.4, -0.2) is 5.78 Å². The summed E-state index contributed by atoms with van der Waals surface area (Å²) in [4.78, 5) is 13.0. The van der Waals surface area contributed by atoms with E-state index in [1.807, 2.05) is 48.5 Å². The maximum Gasteiger partial charge on any atom is 0.189 e. The third kappa shape index (κ3) is 3.78. The minimum absolute atomic E-state index is 0.0298. The van der Waals surface area contributed by atoms with E-state index in [0.29, 0.717) is 21.3 Å². The van der Waals surface area contributed by atoms with E-state index in [4.69, 9.17) is 23.2 Å². The van der Waals surface area contributed by atoms with Crippen LogP contribution in [0.2, 0.25) is 10.0 Å². The van der Waals surface area contributed by atoms with Crippen molar-refractivity contribution in [3.05, 3.63) is 100 Å². The molecule has 0 aliphatic rings. The van der Waals surface area contributed by atoms with Crippen LogP contribution in [0.1, 0.15) is 22.0 Å². The van der Waals surface area contributed by atoms with Gasteiger partial charge in [-0.15, -0.1) is 0 Å². The van der Waals surface area contributed by atoms with Crippen LogP contribution < -0.4 is 5.32 Å². The predicted octanol–water partition coefficient (Wildman–Crippen LogP) is 6.03. The number of halogens is 2. The Hall–Kier alpha value is -2.29. The Morgan fingerprint density at radius 1 is 0.833 bits per heavy atom. The Bertz CT molecular complexity index is 835. The Labute approximate surface area is 151 Å². The Morgan fingerprint density at radius 2 is 1.46 bits per heavy atom. The normalized spacial score (nSPS) is 11.8. The molecule has 1 unspecified atom stereocenters. The second-order valence-electron chi connectivity index (χ2n) is 5.34. The highest BCUT2D eigenvalue weighted by atomic mass is 35.5. The number of benzene rings is 3. The van der Waals surface area contributed by atoms with Crippen molar-refractivity contribution < 1.29 is 4.79 Å². The highest BCUT2D eigenvalue weighted by molar-refractivity contribution is 6.35. The van der Waals surface area contributed by atoms with Crippen molar-refractivity contribution in [2.75, 3.05) is 5.32 Å². The molecule has 24 heavy (non-hydrogen) atoms. The molecular formula is C20H15Cl2NO. The minimum atomic E-state index is -0.551. The minimum Gasteiger partial charge on any atom is -0.370 e. The molecule has 0 saturated carbocycles. The van der Waals surface area contributed by atoms with Gasteiger partial charge in [0.15, 0.2) is 5.78 Å². The number of carbonyl (C=O) groups excluding carboxylic acids is 1. The third-order valence-corrected chi connectivity index (χ3v) is 4.25. The van der Waals surface area contributed by atoms with Crippen LogP contribution >= 0.6 is 23.2 Å². The number of nitrogens with one attached hydrogen (secondary N) is 1. The van der Waals surface area contributed by atoms with Crippen molar-refractivity contribution >= 4 is 34.7 Å². The molecule has 4 heteroatoms. The van der Waals surface area contributed by atoms with E-state index in [-0.39, 0.29) is 5.78 Å². The summed E-state index contributed by atoms with van der Waals surface area (Å²) >= 11 is 12.3. The van der Waals surface area contributed by atoms with E-state index in [0.717, 1.165) is 5.56 Å². The van der Waals surface area contributed by atoms with Gasteiger partial charge in [-0.3, -0.25) is 4.79 Å². The molecule has 1 atom stereocenters. The first-order chi connectivity index (χ1) is 11.6. The van der Waals surface area contributed by atoms with Gasteiger partial charge in [-0.2, -0.15) is 0 Å². The summed E-state index contributed by atoms with van der Waals surface area (Å²) in [5.74, 6) is -0.0298. The average Bonchev–Trinajstić information content (AvgIpc) is 2.63. The standard InChI is InChI=1S/C20H15Cl2NO/c21-16-11-12-17(22)18(13-16)23-19(14-7-3-1-4-8-14)20(24)15-9-5-2-6-10-15/h1-13,19,23H. The van der Waals surface area contributed by atoms with Gasteiger partial charge in [0, 0.05) is 10.6 Å². The second kappa shape index (κ2) is 7.52. The second-order valence-corrected chi connectivity index (χ2v) is 6.19. The summed E-state index contributed by atoms with van der Waals surface area (Å²) in [7, 11) is 0. The molecule has 0 aliphatic heterocycles. The molecule has 2 nitrogen and oxygen atoms in total. The zero-order valence-corrected chi connectivity index (χ0v) is 14.3. The molecule has 3 rings (SSSR count). The SMILES string of the molecule is O=C(c1ccccc1)C(Nc1cc(Cl)ccc1Cl)c1ccccc1. The lowest BCUT2D eigenvalue weighted by molar-refractivity contribution is 0.0969. The maximum atomic E-state index is 13.0. The van der Waals surface area contributed by atoms with Gasteiger partial charge in [0.2, 0.25) is 0 Å². The molecule has 0 radical (unpaired) electrons. The van der Waals surface area contributed by atoms with Crippen LogP contribution in [0.25, 0.3) is 0 Å². The first-order valence-corrected chi connectivity index (χ1v) is 8.26. The fraction of sp³-hybridized carbons (Fsp3) is 0.0500. The van der Waals surface area contributed by atoms with Crippen molar-refractivity contribution in [3.8, 4) is 0 Å². The van der Waals surface area contributed by atoms with E-state index in [1.54, 1.807) is 30.3 Å². The van der Waals surface area contributed by atoms with Crippen molar-refractivity contribution in [2.45, 2.75) is 6.04 Å². The van der Waals surface area contributed by atoms with Gasteiger partial charge in [0.05, 0.1) is 10.7 Å². The molecule has 120 valence electrons. The lowest BCUT2D eigenvalue weighted by Crippen LogP contribution is -2.21. The quantitative estimate of drug-likeness (QED) is 0.566. The van der Waals surface area contributed by atoms with Gasteiger partial charge in [0.1, 0.15) is 6.04 Å². The number of rotatable bonds is 5. The Morgan fingerprint density at radius 3 is 2.12 bits per heavy atom. The summed E-state index contributed by atoms with van der Waals surface area (Å²) in [6.45, 7) is 0. The smallest absolute Gasteiger partial charge is 0.189 e. The van der Waals surface area contributed by atoms with Gasteiger partial charge in [-0.25, -0.2) is 0 Å². The van der Waals surface area contributed by atoms with Crippen molar-refractivity contribution in [2.24, 2.45) is 0 Å². The van der Waals surface area contributed by atoms with E-state index in [2.05, 4.69) is 5.32 Å². The molecule has 0 saturated heterocycles. The third-order valence-electron chi connectivity index (χ3n) is 3.68. The number of hydrogen-bond acceptors (Lipinski definition) is 2. The highest BCUT2D eigenvalue weighted by Gasteiger charge is 2.22. The summed E-state index contributed by atoms with van der Waals surface area (Å²) in [5.41, 5.74) is 2.13. The van der Waals surface area contributed by atoms with Crippen molar-refractivity contribution in [1.29, 1.82) is 0 Å². The lowest BCUT2D eigenvalue weighted by atomic mass is 9.97. The molecular weight excluding hydrogens is 341 g/mol. The number of ketones is 1. The first-order valence-electron chi connectivity index (χ1n) is 7.51. The van der Waals surface area contributed by atoms with Crippen molar-refractivity contribution in [3.63, 3.8) is 0 Å². The van der Waals surface area contributed by atoms with E-state index < -0.39 is 6.04 Å². The van der Waals surface area contributed by atoms with E-state index in [1.165, 1.54) is 0 Å². The summed E-state index contributed by atoms with van der Waals surface area (Å²) in [5, 5.41) is 4.31. The molecule has 0 spiro atoms. The van der Waals surface area contributed by atoms with Gasteiger partial charge in [-0.05, 0) is 23.8 Å². The number of Topliss-reactive ketones (excluding diaryl/α,β-unsaturated/α-hetero) is 1. The fourth-order valence-electron chi connectivity index (χ4n) is 2.48. The van der Waals surface area contributed by atoms with Crippen molar-refractivity contribution in [1.82, 2.24) is 0 Å². The molecule has 0 bridgehead atoms. The lowest BCUT2D eigenvalue weighted by Gasteiger charge is -2.20. The van der Waals surface area contributed by atoms with Gasteiger partial charge >= 0.3 is 0 Å². The fourth-order valence-corrected chi connectivity index (χ4v) is 2.82. The molecule has 3 aromatic rings. The molecule has 0 aliphatic carbocycles. The summed E-state index contributed by atoms with van der Waals surface area (Å²) in [6, 6.07) is 23.3. The molecule has 0 heterocycles. The summed E-state index contributed by atoms with van der Waals surface area (Å²) in [6.07, 6.45) is 0. The molecule has 0 amide bonds. The van der Waals surface area contributed by atoms with Gasteiger partial charge in [0.25, 0.3) is 0 Å². The number of anilines is 1. The van der Waals surface area contributed by atoms with Crippen LogP contribution in [0, 0.1) is 0 Å². The summed E-state index contributed by atoms with van der Waals surface area (Å²) < 4.78 is 0. The molecule has 0 fully saturated rings. The topological polar surface area (TPSA) is 29.1 Å². The van der Waals surface area contributed by atoms with E-state index in [9.17, 15) is 4.79 Å². The van der Waals surface area contributed by atoms with Crippen LogP contribution in [0.4, 0.5) is 5.69 Å². The Kier molecular flexibility index (Phi) is 5.19. The van der Waals surface area contributed by atoms with Crippen LogP contribution in [0.15, 0.2) is 78.9 Å². The molecule has 3 aromatic carbocycles. The Balaban J connectivity index is 2.00. The van der Waals surface area contributed by atoms with Gasteiger partial charge in [-0.1, -0.05) is 83.9 Å². The average molecular weight is 356 g/mol. The van der Waals surface area contributed by atoms with Gasteiger partial charge < -0.3 is 5.32 Å².